The number of carbonyl (C=O) groups excluding carboxylic acids is 1. The van der Waals surface area contributed by atoms with E-state index >= 15 is 0 Å². The Morgan fingerprint density at radius 1 is 1.36 bits per heavy atom. The second-order valence-corrected chi connectivity index (χ2v) is 6.08. The Kier molecular flexibility index (Phi) is 4.48. The Morgan fingerprint density at radius 3 is 2.86 bits per heavy atom. The van der Waals surface area contributed by atoms with Crippen LogP contribution in [0.5, 0.6) is 0 Å². The molecule has 1 atom stereocenters. The minimum absolute atomic E-state index is 0.0319. The van der Waals surface area contributed by atoms with Gasteiger partial charge in [0.1, 0.15) is 0 Å². The van der Waals surface area contributed by atoms with Crippen molar-refractivity contribution < 1.29 is 9.32 Å². The Labute approximate surface area is 135 Å². The number of halogens is 1. The summed E-state index contributed by atoms with van der Waals surface area (Å²) in [5.74, 6) is 0.556. The number of hydrogen-bond donors (Lipinski definition) is 0. The van der Waals surface area contributed by atoms with Crippen LogP contribution >= 0.6 is 11.6 Å². The molecule has 2 aromatic rings. The topological polar surface area (TPSA) is 46.3 Å². The van der Waals surface area contributed by atoms with Crippen LogP contribution in [0.1, 0.15) is 43.1 Å². The highest BCUT2D eigenvalue weighted by atomic mass is 35.5. The van der Waals surface area contributed by atoms with Crippen molar-refractivity contribution in [2.45, 2.75) is 38.6 Å². The molecular weight excluding hydrogens is 300 g/mol. The third-order valence-corrected chi connectivity index (χ3v) is 4.47. The molecule has 1 fully saturated rings. The highest BCUT2D eigenvalue weighted by Crippen LogP contribution is 2.25. The normalized spacial score (nSPS) is 18.5. The van der Waals surface area contributed by atoms with E-state index in [1.807, 2.05) is 17.0 Å². The zero-order chi connectivity index (χ0) is 15.5. The van der Waals surface area contributed by atoms with Crippen LogP contribution in [-0.4, -0.2) is 28.6 Å². The van der Waals surface area contributed by atoms with Crippen LogP contribution in [-0.2, 0) is 0 Å². The Hall–Kier alpha value is -1.81. The molecule has 0 N–H and O–H groups in total. The maximum absolute atomic E-state index is 12.7. The van der Waals surface area contributed by atoms with E-state index in [1.165, 1.54) is 6.42 Å². The van der Waals surface area contributed by atoms with E-state index < -0.39 is 0 Å². The molecule has 1 aromatic carbocycles. The van der Waals surface area contributed by atoms with Crippen molar-refractivity contribution in [3.63, 3.8) is 0 Å². The smallest absolute Gasteiger partial charge is 0.276 e. The molecule has 2 heterocycles. The maximum Gasteiger partial charge on any atom is 0.276 e. The number of carbonyl (C=O) groups is 1. The Morgan fingerprint density at radius 2 is 2.14 bits per heavy atom. The predicted molar refractivity (Wildman–Crippen MR) is 85.9 cm³/mol. The number of likely N-dealkylation sites (tertiary alicyclic amines) is 1. The van der Waals surface area contributed by atoms with Gasteiger partial charge in [0.25, 0.3) is 5.91 Å². The molecule has 22 heavy (non-hydrogen) atoms. The first-order chi connectivity index (χ1) is 10.7. The van der Waals surface area contributed by atoms with Gasteiger partial charge >= 0.3 is 0 Å². The standard InChI is InChI=1S/C17H19ClN2O2/c1-2-14-5-3-4-10-20(14)17(21)15-11-16(22-19-15)12-6-8-13(18)9-7-12/h6-9,11,14H,2-5,10H2,1H3. The minimum Gasteiger partial charge on any atom is -0.355 e. The van der Waals surface area contributed by atoms with E-state index in [-0.39, 0.29) is 5.91 Å². The molecule has 1 aliphatic heterocycles. The van der Waals surface area contributed by atoms with Crippen LogP contribution in [0.15, 0.2) is 34.9 Å². The fourth-order valence-corrected chi connectivity index (χ4v) is 3.09. The van der Waals surface area contributed by atoms with E-state index in [0.29, 0.717) is 22.5 Å². The van der Waals surface area contributed by atoms with Crippen LogP contribution in [0, 0.1) is 0 Å². The third kappa shape index (κ3) is 3.02. The summed E-state index contributed by atoms with van der Waals surface area (Å²) in [6.45, 7) is 2.93. The van der Waals surface area contributed by atoms with Gasteiger partial charge in [-0.15, -0.1) is 0 Å². The number of aromatic nitrogens is 1. The molecule has 1 aromatic heterocycles. The van der Waals surface area contributed by atoms with Crippen molar-refractivity contribution >= 4 is 17.5 Å². The van der Waals surface area contributed by atoms with Gasteiger partial charge in [-0.05, 0) is 49.9 Å². The third-order valence-electron chi connectivity index (χ3n) is 4.22. The largest absolute Gasteiger partial charge is 0.355 e. The number of amides is 1. The molecule has 1 aliphatic rings. The summed E-state index contributed by atoms with van der Waals surface area (Å²) in [6.07, 6.45) is 4.30. The molecule has 0 aliphatic carbocycles. The number of nitrogens with zero attached hydrogens (tertiary/aromatic N) is 2. The highest BCUT2D eigenvalue weighted by molar-refractivity contribution is 6.30. The molecular formula is C17H19ClN2O2. The molecule has 0 spiro atoms. The molecule has 1 unspecified atom stereocenters. The van der Waals surface area contributed by atoms with Gasteiger partial charge in [0.2, 0.25) is 0 Å². The molecule has 0 saturated carbocycles. The lowest BCUT2D eigenvalue weighted by atomic mass is 9.99. The van der Waals surface area contributed by atoms with Crippen LogP contribution in [0.3, 0.4) is 0 Å². The maximum atomic E-state index is 12.7. The van der Waals surface area contributed by atoms with Crippen molar-refractivity contribution in [3.8, 4) is 11.3 Å². The van der Waals surface area contributed by atoms with Gasteiger partial charge in [-0.2, -0.15) is 0 Å². The van der Waals surface area contributed by atoms with Gasteiger partial charge in [0.15, 0.2) is 11.5 Å². The van der Waals surface area contributed by atoms with Crippen molar-refractivity contribution in [1.82, 2.24) is 10.1 Å². The van der Waals surface area contributed by atoms with E-state index in [1.54, 1.807) is 18.2 Å². The van der Waals surface area contributed by atoms with Gasteiger partial charge in [-0.25, -0.2) is 0 Å². The predicted octanol–water partition coefficient (Wildman–Crippen LogP) is 4.40. The second kappa shape index (κ2) is 6.53. The molecule has 0 radical (unpaired) electrons. The minimum atomic E-state index is -0.0319. The summed E-state index contributed by atoms with van der Waals surface area (Å²) in [6, 6.07) is 9.32. The Bertz CT molecular complexity index is 651. The summed E-state index contributed by atoms with van der Waals surface area (Å²) in [7, 11) is 0. The lowest BCUT2D eigenvalue weighted by Crippen LogP contribution is -2.43. The van der Waals surface area contributed by atoms with E-state index in [9.17, 15) is 4.79 Å². The van der Waals surface area contributed by atoms with Crippen LogP contribution in [0.25, 0.3) is 11.3 Å². The van der Waals surface area contributed by atoms with E-state index in [4.69, 9.17) is 16.1 Å². The monoisotopic (exact) mass is 318 g/mol. The number of piperidine rings is 1. The first-order valence-electron chi connectivity index (χ1n) is 7.72. The summed E-state index contributed by atoms with van der Waals surface area (Å²) >= 11 is 5.88. The average Bonchev–Trinajstić information content (AvgIpc) is 3.05. The Balaban J connectivity index is 1.80. The van der Waals surface area contributed by atoms with Gasteiger partial charge < -0.3 is 9.42 Å². The second-order valence-electron chi connectivity index (χ2n) is 5.64. The molecule has 0 bridgehead atoms. The number of hydrogen-bond acceptors (Lipinski definition) is 3. The summed E-state index contributed by atoms with van der Waals surface area (Å²) < 4.78 is 5.33. The van der Waals surface area contributed by atoms with Crippen molar-refractivity contribution in [1.29, 1.82) is 0 Å². The van der Waals surface area contributed by atoms with Gasteiger partial charge in [0.05, 0.1) is 0 Å². The van der Waals surface area contributed by atoms with E-state index in [0.717, 1.165) is 31.4 Å². The summed E-state index contributed by atoms with van der Waals surface area (Å²) in [5, 5.41) is 4.63. The van der Waals surface area contributed by atoms with Crippen molar-refractivity contribution in [3.05, 3.63) is 41.0 Å². The highest BCUT2D eigenvalue weighted by Gasteiger charge is 2.28. The van der Waals surface area contributed by atoms with Crippen molar-refractivity contribution in [2.75, 3.05) is 6.54 Å². The molecule has 1 saturated heterocycles. The lowest BCUT2D eigenvalue weighted by Gasteiger charge is -2.34. The SMILES string of the molecule is CCC1CCCCN1C(=O)c1cc(-c2ccc(Cl)cc2)on1. The fraction of sp³-hybridized carbons (Fsp3) is 0.412. The lowest BCUT2D eigenvalue weighted by molar-refractivity contribution is 0.0597. The fourth-order valence-electron chi connectivity index (χ4n) is 2.97. The number of benzene rings is 1. The first kappa shape index (κ1) is 15.1. The zero-order valence-electron chi connectivity index (χ0n) is 12.6. The molecule has 116 valence electrons. The molecule has 3 rings (SSSR count). The number of rotatable bonds is 3. The van der Waals surface area contributed by atoms with Crippen LogP contribution in [0.2, 0.25) is 5.02 Å². The van der Waals surface area contributed by atoms with Crippen molar-refractivity contribution in [2.24, 2.45) is 0 Å². The molecule has 1 amide bonds. The van der Waals surface area contributed by atoms with E-state index in [2.05, 4.69) is 12.1 Å². The summed E-state index contributed by atoms with van der Waals surface area (Å²) in [5.41, 5.74) is 1.24. The zero-order valence-corrected chi connectivity index (χ0v) is 13.3. The average molecular weight is 319 g/mol. The molecule has 4 nitrogen and oxygen atoms in total. The first-order valence-corrected chi connectivity index (χ1v) is 8.10. The van der Waals surface area contributed by atoms with Gasteiger partial charge in [0, 0.05) is 29.2 Å². The van der Waals surface area contributed by atoms with Gasteiger partial charge in [-0.1, -0.05) is 23.7 Å². The van der Waals surface area contributed by atoms with Gasteiger partial charge in [-0.3, -0.25) is 4.79 Å². The molecule has 5 heteroatoms. The van der Waals surface area contributed by atoms with Crippen LogP contribution in [0.4, 0.5) is 0 Å². The van der Waals surface area contributed by atoms with Crippen LogP contribution < -0.4 is 0 Å². The quantitative estimate of drug-likeness (QED) is 0.842. The summed E-state index contributed by atoms with van der Waals surface area (Å²) in [4.78, 5) is 14.6.